The van der Waals surface area contributed by atoms with Crippen molar-refractivity contribution in [1.29, 1.82) is 0 Å². The molecule has 76 heavy (non-hydrogen) atoms. The Hall–Kier alpha value is -6.35. The number of cyclic esters (lactones) is 1. The van der Waals surface area contributed by atoms with Crippen molar-refractivity contribution in [2.24, 2.45) is 5.73 Å². The van der Waals surface area contributed by atoms with E-state index in [9.17, 15) is 54.5 Å². The molecule has 0 radical (unpaired) electrons. The summed E-state index contributed by atoms with van der Waals surface area (Å²) in [6, 6.07) is 8.00. The molecule has 1 aromatic heterocycles. The van der Waals surface area contributed by atoms with Crippen LogP contribution >= 0.6 is 42.2 Å². The number of nitrogens with two attached hydrogens (primary N) is 1. The van der Waals surface area contributed by atoms with E-state index in [0.717, 1.165) is 37.8 Å². The number of alkyl halides is 3. The second-order valence-corrected chi connectivity index (χ2v) is 21.7. The van der Waals surface area contributed by atoms with Gasteiger partial charge < -0.3 is 39.8 Å². The molecule has 6 rings (SSSR count). The van der Waals surface area contributed by atoms with Gasteiger partial charge >= 0.3 is 42.2 Å². The second kappa shape index (κ2) is 28.1. The molecule has 4 aromatic rings. The Morgan fingerprint density at radius 3 is 2.12 bits per heavy atom. The monoisotopic (exact) mass is 1170 g/mol. The van der Waals surface area contributed by atoms with Gasteiger partial charge in [0.1, 0.15) is 29.0 Å². The van der Waals surface area contributed by atoms with Crippen LogP contribution in [0, 0.1) is 12.7 Å². The number of aromatic carboxylic acids is 1. The maximum Gasteiger partial charge on any atom is 0.427 e. The molecule has 2 fully saturated rings. The number of hydrogen-bond donors (Lipinski definition) is 6. The standard InChI is InChI=1S/C17H17ClFNO4.C15H16F3N5O4S.C8H6Cl2O3.C5H12NO4P/c1-9(2)15-16(21)20(17(22)24-15)13-8-14(11(18)7-12(13)19)23-10-5-3-4-6-10;1-9-19-12(22-14(20-9)27-2)21-13(24)23-28(25,26)11-6-4-3-5-10(11)7-8-15(16,17)18;1-13-7-5(10)3-2-4(9)6(7)8(11)12;1-11(9,10)3-2-4(6)5(7)8/h7-8,10H,3-6H2,1-2H3;3-6H,7-8H2,1-2H3,(H2,19,20,21,22,23,24);2-3H,1H3,(H,11,12);4H,2-3,6H2,1H3,(H,7,8)(H,9,10). The summed E-state index contributed by atoms with van der Waals surface area (Å²) in [6.07, 6.45) is -3.20. The second-order valence-electron chi connectivity index (χ2n) is 16.3. The third kappa shape index (κ3) is 19.7. The van der Waals surface area contributed by atoms with Crippen LogP contribution in [0.25, 0.3) is 0 Å². The van der Waals surface area contributed by atoms with Crippen LogP contribution in [0.2, 0.25) is 15.1 Å². The Bertz CT molecular complexity index is 2980. The van der Waals surface area contributed by atoms with Crippen molar-refractivity contribution in [2.75, 3.05) is 37.3 Å². The molecule has 31 heteroatoms. The highest BCUT2D eigenvalue weighted by atomic mass is 35.5. The molecule has 0 spiro atoms. The molecule has 1 aliphatic heterocycles. The quantitative estimate of drug-likeness (QED) is 0.0367. The largest absolute Gasteiger partial charge is 0.494 e. The van der Waals surface area contributed by atoms with Crippen molar-refractivity contribution in [3.05, 3.63) is 97.7 Å². The molecule has 7 N–H and O–H groups in total. The van der Waals surface area contributed by atoms with Crippen LogP contribution in [-0.4, -0.2) is 114 Å². The molecule has 2 aliphatic rings. The molecule has 416 valence electrons. The van der Waals surface area contributed by atoms with E-state index >= 15 is 0 Å². The summed E-state index contributed by atoms with van der Waals surface area (Å²) in [5.74, 6) is -3.60. The van der Waals surface area contributed by atoms with Crippen LogP contribution in [-0.2, 0) is 35.3 Å². The fourth-order valence-corrected chi connectivity index (χ4v) is 9.04. The molecule has 2 atom stereocenters. The minimum Gasteiger partial charge on any atom is -0.494 e. The molecular formula is C45H51Cl3F4N7O15PS. The predicted molar refractivity (Wildman–Crippen MR) is 269 cm³/mol. The number of carboxylic acids is 2. The minimum absolute atomic E-state index is 0.00962. The molecule has 22 nitrogen and oxygen atoms in total. The number of ether oxygens (including phenoxy) is 4. The van der Waals surface area contributed by atoms with Crippen LogP contribution in [0.3, 0.4) is 0 Å². The van der Waals surface area contributed by atoms with E-state index in [0.29, 0.717) is 10.5 Å². The lowest BCUT2D eigenvalue weighted by Crippen LogP contribution is -2.35. The number of aliphatic carboxylic acids is 1. The Morgan fingerprint density at radius 2 is 1.59 bits per heavy atom. The van der Waals surface area contributed by atoms with E-state index in [1.54, 1.807) is 18.6 Å². The number of amides is 4. The van der Waals surface area contributed by atoms with Crippen LogP contribution in [0.5, 0.6) is 17.5 Å². The predicted octanol–water partition coefficient (Wildman–Crippen LogP) is 9.16. The number of nitrogens with one attached hydrogen (secondary N) is 2. The number of nitrogens with zero attached hydrogens (tertiary/aromatic N) is 4. The highest BCUT2D eigenvalue weighted by molar-refractivity contribution is 7.90. The zero-order valence-corrected chi connectivity index (χ0v) is 45.0. The van der Waals surface area contributed by atoms with Gasteiger partial charge in [0.2, 0.25) is 5.95 Å². The lowest BCUT2D eigenvalue weighted by atomic mass is 10.1. The van der Waals surface area contributed by atoms with Crippen molar-refractivity contribution >= 4 is 93.8 Å². The summed E-state index contributed by atoms with van der Waals surface area (Å²) in [5.41, 5.74) is 5.22. The fourth-order valence-electron chi connectivity index (χ4n) is 6.44. The number of allylic oxidation sites excluding steroid dienone is 1. The molecule has 1 saturated heterocycles. The number of benzene rings is 3. The van der Waals surface area contributed by atoms with Crippen molar-refractivity contribution in [1.82, 2.24) is 19.7 Å². The van der Waals surface area contributed by atoms with E-state index in [2.05, 4.69) is 20.3 Å². The van der Waals surface area contributed by atoms with Crippen LogP contribution < -0.4 is 34.9 Å². The van der Waals surface area contributed by atoms with Crippen LogP contribution in [0.1, 0.15) is 74.1 Å². The normalized spacial score (nSPS) is 14.5. The molecule has 4 amide bonds. The number of rotatable bonds is 15. The highest BCUT2D eigenvalue weighted by Crippen LogP contribution is 2.39. The van der Waals surface area contributed by atoms with E-state index in [1.807, 2.05) is 0 Å². The molecule has 1 saturated carbocycles. The number of aromatic nitrogens is 3. The summed E-state index contributed by atoms with van der Waals surface area (Å²) >= 11 is 17.4. The molecule has 3 aromatic carbocycles. The van der Waals surface area contributed by atoms with Gasteiger partial charge in [0, 0.05) is 25.3 Å². The Morgan fingerprint density at radius 1 is 0.974 bits per heavy atom. The average Bonchev–Trinajstić information content (AvgIpc) is 3.95. The number of methoxy groups -OCH3 is 2. The SMILES string of the molecule is CC(C)=C1OC(=O)N(c2cc(OC3CCCC3)c(Cl)cc2F)C1=O.COc1c(Cl)ccc(Cl)c1C(=O)O.COc1nc(C)nc(NC(=O)NS(=O)(=O)c2ccccc2CCC(F)(F)F)n1.CP(=O)(O)CCC(N)C(=O)O. The molecule has 0 bridgehead atoms. The average molecular weight is 1180 g/mol. The van der Waals surface area contributed by atoms with Gasteiger partial charge in [0.25, 0.3) is 10.0 Å². The first kappa shape index (κ1) is 63.9. The van der Waals surface area contributed by atoms with Gasteiger partial charge in [-0.05, 0) is 94.7 Å². The fraction of sp³-hybridized carbons (Fsp3) is 0.378. The van der Waals surface area contributed by atoms with Gasteiger partial charge in [0.05, 0.1) is 46.0 Å². The van der Waals surface area contributed by atoms with Crippen LogP contribution in [0.15, 0.2) is 64.8 Å². The zero-order chi connectivity index (χ0) is 57.5. The van der Waals surface area contributed by atoms with Gasteiger partial charge in [0.15, 0.2) is 18.9 Å². The maximum atomic E-state index is 14.3. The Labute approximate surface area is 447 Å². The van der Waals surface area contributed by atoms with Crippen LogP contribution in [0.4, 0.5) is 38.8 Å². The summed E-state index contributed by atoms with van der Waals surface area (Å²) in [6.45, 7) is 5.95. The molecular weight excluding hydrogens is 1120 g/mol. The van der Waals surface area contributed by atoms with E-state index < -0.39 is 83.1 Å². The summed E-state index contributed by atoms with van der Waals surface area (Å²) < 4.78 is 109. The first-order valence-corrected chi connectivity index (χ1v) is 26.9. The summed E-state index contributed by atoms with van der Waals surface area (Å²) in [4.78, 5) is 77.5. The number of urea groups is 1. The highest BCUT2D eigenvalue weighted by Gasteiger charge is 2.40. The van der Waals surface area contributed by atoms with E-state index in [-0.39, 0.29) is 85.6 Å². The number of anilines is 2. The van der Waals surface area contributed by atoms with Crippen molar-refractivity contribution in [3.63, 3.8) is 0 Å². The summed E-state index contributed by atoms with van der Waals surface area (Å²) in [5, 5.41) is 19.6. The Kier molecular flexibility index (Phi) is 23.7. The van der Waals surface area contributed by atoms with Gasteiger partial charge in [-0.15, -0.1) is 0 Å². The lowest BCUT2D eigenvalue weighted by Gasteiger charge is -2.18. The lowest BCUT2D eigenvalue weighted by molar-refractivity contribution is -0.138. The molecule has 2 unspecified atom stereocenters. The Balaban J connectivity index is 0.000000286. The van der Waals surface area contributed by atoms with Gasteiger partial charge in [-0.25, -0.2) is 36.8 Å². The third-order valence-electron chi connectivity index (χ3n) is 10.0. The third-order valence-corrected chi connectivity index (χ3v) is 13.4. The first-order valence-electron chi connectivity index (χ1n) is 22.0. The molecule has 2 heterocycles. The number of carbonyl (C=O) groups excluding carboxylic acids is 3. The smallest absolute Gasteiger partial charge is 0.427 e. The topological polar surface area (TPSA) is 326 Å². The number of halogens is 7. The number of carboxylic acid groups (broad SMARTS) is 2. The van der Waals surface area contributed by atoms with E-state index in [4.69, 9.17) is 74.6 Å². The van der Waals surface area contributed by atoms with E-state index in [1.165, 1.54) is 64.2 Å². The van der Waals surface area contributed by atoms with Crippen molar-refractivity contribution in [3.8, 4) is 17.5 Å². The summed E-state index contributed by atoms with van der Waals surface area (Å²) in [7, 11) is -4.91. The number of imide groups is 1. The molecule has 1 aliphatic carbocycles. The van der Waals surface area contributed by atoms with Crippen molar-refractivity contribution < 1.29 is 88.6 Å². The van der Waals surface area contributed by atoms with Gasteiger partial charge in [-0.3, -0.25) is 19.5 Å². The number of aryl methyl sites for hydroxylation is 2. The van der Waals surface area contributed by atoms with Crippen molar-refractivity contribution in [2.45, 2.75) is 88.9 Å². The van der Waals surface area contributed by atoms with Gasteiger partial charge in [-0.2, -0.15) is 28.1 Å². The first-order chi connectivity index (χ1) is 35.3. The number of carbonyl (C=O) groups is 5. The van der Waals surface area contributed by atoms with Gasteiger partial charge in [-0.1, -0.05) is 53.0 Å². The number of sulfonamides is 1. The number of hydrogen-bond acceptors (Lipinski definition) is 16. The minimum atomic E-state index is -4.45. The zero-order valence-electron chi connectivity index (χ0n) is 41.0. The maximum absolute atomic E-state index is 14.3.